The maximum atomic E-state index is 12.0. The molecule has 6 heterocycles. The van der Waals surface area contributed by atoms with E-state index in [4.69, 9.17) is 40.1 Å². The third-order valence-corrected chi connectivity index (χ3v) is 18.2. The summed E-state index contributed by atoms with van der Waals surface area (Å²) in [5.74, 6) is 5.19. The molecule has 14 nitrogen and oxygen atoms in total. The van der Waals surface area contributed by atoms with Crippen molar-refractivity contribution < 1.29 is 19.1 Å². The van der Waals surface area contributed by atoms with Gasteiger partial charge in [-0.25, -0.2) is 19.7 Å². The number of aromatic amines is 1. The highest BCUT2D eigenvalue weighted by Crippen LogP contribution is 2.45. The number of anilines is 1. The van der Waals surface area contributed by atoms with Crippen LogP contribution in [0.3, 0.4) is 0 Å². The molecule has 2 aliphatic heterocycles. The summed E-state index contributed by atoms with van der Waals surface area (Å²) in [6.07, 6.45) is 10.7. The molecule has 6 rings (SSSR count). The third-order valence-electron chi connectivity index (χ3n) is 11.0. The molecule has 2 aliphatic rings. The molecule has 0 radical (unpaired) electrons. The number of nitrogens with two attached hydrogens (primary N) is 1. The van der Waals surface area contributed by atoms with Crippen LogP contribution in [0, 0.1) is 25.0 Å². The Morgan fingerprint density at radius 3 is 2.03 bits per heavy atom. The fourth-order valence-electron chi connectivity index (χ4n) is 8.62. The summed E-state index contributed by atoms with van der Waals surface area (Å²) in [4.78, 5) is 42.0. The molecule has 58 heavy (non-hydrogen) atoms. The van der Waals surface area contributed by atoms with E-state index in [-0.39, 0.29) is 36.2 Å². The maximum absolute atomic E-state index is 12.0. The van der Waals surface area contributed by atoms with Gasteiger partial charge in [-0.2, -0.15) is 0 Å². The van der Waals surface area contributed by atoms with Gasteiger partial charge in [0.05, 0.1) is 48.9 Å². The van der Waals surface area contributed by atoms with E-state index >= 15 is 0 Å². The fourth-order valence-corrected chi connectivity index (χ4v) is 15.4. The molecule has 0 amide bonds. The van der Waals surface area contributed by atoms with Crippen molar-refractivity contribution >= 4 is 83.3 Å². The lowest BCUT2D eigenvalue weighted by Crippen LogP contribution is -2.51. The van der Waals surface area contributed by atoms with Crippen LogP contribution < -0.4 is 11.3 Å². The van der Waals surface area contributed by atoms with E-state index in [1.54, 1.807) is 23.6 Å². The number of hydrogen-bond donors (Lipinski definition) is 3. The Bertz CT molecular complexity index is 2040. The molecule has 0 unspecified atom stereocenters. The molecule has 0 aliphatic carbocycles. The summed E-state index contributed by atoms with van der Waals surface area (Å²) < 4.78 is 12.5. The van der Waals surface area contributed by atoms with Crippen molar-refractivity contribution in [1.82, 2.24) is 29.2 Å². The summed E-state index contributed by atoms with van der Waals surface area (Å²) >= 11 is 6.39. The van der Waals surface area contributed by atoms with E-state index < -0.39 is 8.24 Å². The van der Waals surface area contributed by atoms with E-state index in [9.17, 15) is 9.59 Å². The first-order chi connectivity index (χ1) is 27.2. The second-order valence-corrected chi connectivity index (χ2v) is 21.5. The average Bonchev–Trinajstić information content (AvgIpc) is 3.85. The number of rotatable bonds is 10. The van der Waals surface area contributed by atoms with Crippen molar-refractivity contribution in [2.75, 3.05) is 44.8 Å². The minimum absolute atomic E-state index is 0. The van der Waals surface area contributed by atoms with E-state index in [2.05, 4.69) is 82.0 Å². The zero-order valence-electron chi connectivity index (χ0n) is 35.0. The van der Waals surface area contributed by atoms with Crippen molar-refractivity contribution in [3.63, 3.8) is 0 Å². The number of esters is 2. The van der Waals surface area contributed by atoms with Gasteiger partial charge < -0.3 is 24.1 Å². The van der Waals surface area contributed by atoms with Crippen LogP contribution in [0.25, 0.3) is 31.8 Å². The largest absolute Gasteiger partial charge is 0.466 e. The average molecular weight is 856 g/mol. The highest BCUT2D eigenvalue weighted by atomic mass is 35.5. The van der Waals surface area contributed by atoms with Gasteiger partial charge in [0.2, 0.25) is 11.4 Å². The molecule has 0 aromatic carbocycles. The first-order valence-electron chi connectivity index (χ1n) is 20.0. The second kappa shape index (κ2) is 22.2. The summed E-state index contributed by atoms with van der Waals surface area (Å²) in [7, 11) is -1.85. The number of piperidine rings is 2. The number of nitrogens with zero attached hydrogens (tertiary/aromatic N) is 7. The topological polar surface area (TPSA) is 152 Å². The Morgan fingerprint density at radius 1 is 0.914 bits per heavy atom. The number of ether oxygens (including phenoxy) is 2. The van der Waals surface area contributed by atoms with Crippen LogP contribution in [0.4, 0.5) is 17.1 Å². The smallest absolute Gasteiger partial charge is 0.310 e. The van der Waals surface area contributed by atoms with E-state index in [1.807, 2.05) is 31.0 Å². The highest BCUT2D eigenvalue weighted by Gasteiger charge is 2.46. The molecule has 2 fully saturated rings. The van der Waals surface area contributed by atoms with Gasteiger partial charge in [-0.1, -0.05) is 53.1 Å². The summed E-state index contributed by atoms with van der Waals surface area (Å²) in [6.45, 7) is 35.9. The van der Waals surface area contributed by atoms with Gasteiger partial charge in [0.15, 0.2) is 8.24 Å². The molecule has 2 atom stereocenters. The Hall–Kier alpha value is -4.22. The predicted octanol–water partition coefficient (Wildman–Crippen LogP) is 9.54. The van der Waals surface area contributed by atoms with Crippen molar-refractivity contribution in [2.45, 2.75) is 97.7 Å². The second-order valence-electron chi connectivity index (χ2n) is 15.4. The summed E-state index contributed by atoms with van der Waals surface area (Å²) in [5, 5.41) is 5.97. The van der Waals surface area contributed by atoms with Gasteiger partial charge in [-0.3, -0.25) is 25.4 Å². The predicted molar refractivity (Wildman–Crippen MR) is 237 cm³/mol. The quantitative estimate of drug-likeness (QED) is 0.0609. The molecule has 0 saturated carbocycles. The number of halogens is 2. The zero-order chi connectivity index (χ0) is 41.9. The molecule has 4 N–H and O–H groups in total. The Morgan fingerprint density at radius 2 is 1.48 bits per heavy atom. The van der Waals surface area contributed by atoms with Crippen LogP contribution in [0.15, 0.2) is 36.9 Å². The van der Waals surface area contributed by atoms with Crippen LogP contribution in [0.2, 0.25) is 21.6 Å². The van der Waals surface area contributed by atoms with Gasteiger partial charge in [0.25, 0.3) is 0 Å². The zero-order valence-corrected chi connectivity index (χ0v) is 37.6. The van der Waals surface area contributed by atoms with E-state index in [1.165, 1.54) is 0 Å². The minimum atomic E-state index is -1.85. The molecule has 316 valence electrons. The lowest BCUT2D eigenvalue weighted by molar-refractivity contribution is -0.150. The number of hydrazine groups is 2. The van der Waals surface area contributed by atoms with Crippen LogP contribution in [-0.2, 0) is 19.1 Å². The van der Waals surface area contributed by atoms with Crippen LogP contribution in [-0.4, -0.2) is 88.8 Å². The Kier molecular flexibility index (Phi) is 18.5. The molecule has 17 heteroatoms. The van der Waals surface area contributed by atoms with Gasteiger partial charge in [0.1, 0.15) is 11.3 Å². The van der Waals surface area contributed by atoms with Crippen LogP contribution in [0.5, 0.6) is 0 Å². The van der Waals surface area contributed by atoms with E-state index in [0.29, 0.717) is 59.3 Å². The summed E-state index contributed by atoms with van der Waals surface area (Å²) in [6, 6.07) is 3.92. The molecule has 4 aromatic heterocycles. The first kappa shape index (κ1) is 48.1. The van der Waals surface area contributed by atoms with Crippen molar-refractivity contribution in [1.29, 1.82) is 0 Å². The standard InChI is InChI=1S/C17H24ClN3Si.C16H19N5O2.C8H16N2O2.ClH/c1-11(2)22(12(3)4,13(5)6)21-9-8-14-16(18)15(19-7)10-20-17(14)21;1-3-23-16(22)11-5-4-8-21(10-11)20-14-12-6-7-18-15(12)19-9-13(14)17-2;1-2-12-8(11)7-4-3-5-10(9)6-7;/h8-13H,1-6H3;6-7,9,11H,3-5,8,10H2,1H3,(H2,18,19,20);7H,2-6,9H2,1H3;1H/t;11-;7-;/m.00./s1. The van der Waals surface area contributed by atoms with Crippen LogP contribution >= 0.6 is 24.0 Å². The first-order valence-corrected chi connectivity index (χ1v) is 22.5. The van der Waals surface area contributed by atoms with Crippen molar-refractivity contribution in [3.8, 4) is 0 Å². The molecule has 4 aromatic rings. The molecule has 0 spiro atoms. The SMILES string of the molecule is CCOC(=O)[C@H]1CCCN(N)C1.Cl.[C-]#[N+]c1cnc2[nH]ccc2c1NN1CCC[C@H](C(=O)OCC)C1.[C-]#[N+]c1cnc2c(ccn2[Si](C(C)C)(C(C)C)C(C)C)c1Cl. The minimum Gasteiger partial charge on any atom is -0.466 e. The fraction of sp³-hybridized carbons (Fsp3) is 0.561. The highest BCUT2D eigenvalue weighted by molar-refractivity contribution is 6.82. The molecule has 2 saturated heterocycles. The number of hydrogen-bond acceptors (Lipinski definition) is 10. The normalized spacial score (nSPS) is 17.4. The Balaban J connectivity index is 0.000000242. The number of fused-ring (bicyclic) bond motifs is 2. The van der Waals surface area contributed by atoms with Crippen molar-refractivity contribution in [2.24, 2.45) is 17.7 Å². The van der Waals surface area contributed by atoms with Gasteiger partial charge in [-0.15, -0.1) is 12.4 Å². The van der Waals surface area contributed by atoms with Gasteiger partial charge in [-0.05, 0) is 74.5 Å². The summed E-state index contributed by atoms with van der Waals surface area (Å²) in [5.41, 5.74) is 8.36. The monoisotopic (exact) mass is 854 g/mol. The van der Waals surface area contributed by atoms with Crippen LogP contribution in [0.1, 0.15) is 81.1 Å². The lowest BCUT2D eigenvalue weighted by atomic mass is 9.99. The van der Waals surface area contributed by atoms with Crippen molar-refractivity contribution in [3.05, 3.63) is 64.8 Å². The van der Waals surface area contributed by atoms with Gasteiger partial charge >= 0.3 is 11.9 Å². The molecular formula is C41H60Cl2N10O4Si. The third kappa shape index (κ3) is 10.9. The lowest BCUT2D eigenvalue weighted by Gasteiger charge is -2.44. The number of nitrogens with one attached hydrogen (secondary N) is 2. The maximum Gasteiger partial charge on any atom is 0.310 e. The number of pyridine rings is 2. The molecular weight excluding hydrogens is 796 g/mol. The number of carbonyl (C=O) groups excluding carboxylic acids is 2. The van der Waals surface area contributed by atoms with E-state index in [0.717, 1.165) is 66.5 Å². The Labute approximate surface area is 355 Å². The number of carbonyl (C=O) groups is 2. The number of aromatic nitrogens is 4. The number of H-pyrrole nitrogens is 1. The van der Waals surface area contributed by atoms with Gasteiger partial charge in [0, 0.05) is 55.5 Å². The molecule has 0 bridgehead atoms.